The van der Waals surface area contributed by atoms with Crippen molar-refractivity contribution in [3.05, 3.63) is 29.3 Å². The Hall–Kier alpha value is -3.32. The topological polar surface area (TPSA) is 280 Å². The molecule has 6 heterocycles. The molecule has 0 radical (unpaired) electrons. The molecule has 2 saturated heterocycles. The van der Waals surface area contributed by atoms with Crippen LogP contribution in [0.5, 0.6) is 0 Å². The fourth-order valence-corrected chi connectivity index (χ4v) is 8.04. The summed E-state index contributed by atoms with van der Waals surface area (Å²) in [5.74, 6) is -0.0229. The Labute approximate surface area is 247 Å². The molecule has 0 spiro atoms. The second-order valence-corrected chi connectivity index (χ2v) is 13.1. The highest BCUT2D eigenvalue weighted by Gasteiger charge is 2.54. The standard InChI is InChI=1S/C22H28N10O10P2/c1-22-2-8(31-6-27-10-16(23)25-5-26-17(10)31)12(33)15(22)42-43(36)38-3-9-13(34)14(41-44(37)39-4-22)20(40-9)32-7-28-11-18(32)29-21(24)30-19(11)35/h5-9,12-15,20,33-34,43-44H,2-4H2,1H3,(H2,23,25,26)(H3,24,29,30,35)/t8-,9-,12+,13-,14-,15+,20-,22-/m1/s1. The number of aliphatic hydroxyl groups is 2. The molecule has 7 rings (SSSR count). The third-order valence-electron chi connectivity index (χ3n) is 8.19. The SMILES string of the molecule is C[C@@]12CO[PH](=O)O[C@@H]3[C@H](O)[C@@H](CO[PH](=O)O[C@H]1[C@@H](O)[C@H](n1cnc4c(N)ncnc41)C2)O[C@H]3n1cnc2c(=O)[nH]c(N)nc21. The van der Waals surface area contributed by atoms with Gasteiger partial charge in [0.2, 0.25) is 5.95 Å². The van der Waals surface area contributed by atoms with Crippen LogP contribution in [0.1, 0.15) is 25.6 Å². The number of anilines is 2. The van der Waals surface area contributed by atoms with Crippen molar-refractivity contribution >= 4 is 50.6 Å². The van der Waals surface area contributed by atoms with Crippen LogP contribution in [0.2, 0.25) is 0 Å². The number of hydrogen-bond acceptors (Lipinski definition) is 17. The Kier molecular flexibility index (Phi) is 7.31. The molecule has 20 nitrogen and oxygen atoms in total. The van der Waals surface area contributed by atoms with E-state index in [1.165, 1.54) is 23.5 Å². The van der Waals surface area contributed by atoms with Crippen LogP contribution in [0, 0.1) is 5.41 Å². The molecule has 1 aliphatic carbocycles. The highest BCUT2D eigenvalue weighted by molar-refractivity contribution is 7.33. The molecule has 7 N–H and O–H groups in total. The maximum Gasteiger partial charge on any atom is 0.319 e. The monoisotopic (exact) mass is 654 g/mol. The van der Waals surface area contributed by atoms with Crippen molar-refractivity contribution in [1.29, 1.82) is 0 Å². The van der Waals surface area contributed by atoms with Gasteiger partial charge < -0.3 is 44.6 Å². The van der Waals surface area contributed by atoms with Gasteiger partial charge in [-0.15, -0.1) is 0 Å². The lowest BCUT2D eigenvalue weighted by Crippen LogP contribution is -2.38. The molecule has 3 fully saturated rings. The summed E-state index contributed by atoms with van der Waals surface area (Å²) in [6.07, 6.45) is -3.29. The van der Waals surface area contributed by atoms with Crippen LogP contribution in [0.25, 0.3) is 22.3 Å². The number of ether oxygens (including phenoxy) is 1. The number of aromatic nitrogens is 8. The molecular weight excluding hydrogens is 626 g/mol. The summed E-state index contributed by atoms with van der Waals surface area (Å²) >= 11 is 0. The highest BCUT2D eigenvalue weighted by atomic mass is 31.1. The van der Waals surface area contributed by atoms with Gasteiger partial charge in [-0.2, -0.15) is 4.98 Å². The first kappa shape index (κ1) is 29.4. The predicted molar refractivity (Wildman–Crippen MR) is 150 cm³/mol. The smallest absolute Gasteiger partial charge is 0.319 e. The lowest BCUT2D eigenvalue weighted by atomic mass is 9.87. The highest BCUT2D eigenvalue weighted by Crippen LogP contribution is 2.52. The summed E-state index contributed by atoms with van der Waals surface area (Å²) in [4.78, 5) is 35.2. The van der Waals surface area contributed by atoms with E-state index in [9.17, 15) is 24.1 Å². The molecule has 4 aromatic heterocycles. The lowest BCUT2D eigenvalue weighted by Gasteiger charge is -2.31. The van der Waals surface area contributed by atoms with Gasteiger partial charge >= 0.3 is 16.5 Å². The van der Waals surface area contributed by atoms with Gasteiger partial charge in [-0.1, -0.05) is 6.92 Å². The summed E-state index contributed by atoms with van der Waals surface area (Å²) in [6, 6.07) is -0.679. The Morgan fingerprint density at radius 2 is 1.75 bits per heavy atom. The van der Waals surface area contributed by atoms with E-state index in [0.717, 1.165) is 0 Å². The Bertz CT molecular complexity index is 1850. The Balaban J connectivity index is 1.18. The first-order chi connectivity index (χ1) is 21.0. The second kappa shape index (κ2) is 10.9. The number of aromatic amines is 1. The second-order valence-electron chi connectivity index (χ2n) is 11.1. The van der Waals surface area contributed by atoms with Crippen LogP contribution in [-0.2, 0) is 32.0 Å². The van der Waals surface area contributed by atoms with E-state index in [0.29, 0.717) is 11.2 Å². The van der Waals surface area contributed by atoms with E-state index in [4.69, 9.17) is 34.3 Å². The molecular formula is C22H28N10O10P2. The van der Waals surface area contributed by atoms with Crippen molar-refractivity contribution in [3.63, 3.8) is 0 Å². The quantitative estimate of drug-likeness (QED) is 0.167. The van der Waals surface area contributed by atoms with Crippen LogP contribution < -0.4 is 17.0 Å². The average Bonchev–Trinajstić information content (AvgIpc) is 3.73. The van der Waals surface area contributed by atoms with Gasteiger partial charge in [0.25, 0.3) is 5.56 Å². The molecule has 2 unspecified atom stereocenters. The molecule has 22 heteroatoms. The van der Waals surface area contributed by atoms with E-state index in [-0.39, 0.29) is 36.0 Å². The van der Waals surface area contributed by atoms with Crippen LogP contribution >= 0.6 is 16.5 Å². The first-order valence-electron chi connectivity index (χ1n) is 13.4. The average molecular weight is 654 g/mol. The van der Waals surface area contributed by atoms with Crippen molar-refractivity contribution in [2.24, 2.45) is 5.41 Å². The minimum atomic E-state index is -3.35. The summed E-state index contributed by atoms with van der Waals surface area (Å²) in [5.41, 5.74) is 10.7. The Morgan fingerprint density at radius 1 is 1.00 bits per heavy atom. The maximum atomic E-state index is 13.2. The number of nitrogens with two attached hydrogens (primary N) is 2. The summed E-state index contributed by atoms with van der Waals surface area (Å²) in [6.45, 7) is 1.03. The normalized spacial score (nSPS) is 36.6. The van der Waals surface area contributed by atoms with Gasteiger partial charge in [0.1, 0.15) is 42.4 Å². The number of hydrogen-bond donors (Lipinski definition) is 5. The third kappa shape index (κ3) is 4.83. The number of rotatable bonds is 2. The molecule has 10 atom stereocenters. The first-order valence-corrected chi connectivity index (χ1v) is 15.8. The van der Waals surface area contributed by atoms with Gasteiger partial charge in [-0.25, -0.2) is 19.9 Å². The maximum absolute atomic E-state index is 13.2. The number of H-pyrrole nitrogens is 1. The van der Waals surface area contributed by atoms with Crippen LogP contribution in [0.15, 0.2) is 23.8 Å². The minimum absolute atomic E-state index is 0.0256. The zero-order valence-corrected chi connectivity index (χ0v) is 24.8. The molecule has 1 saturated carbocycles. The summed E-state index contributed by atoms with van der Waals surface area (Å²) < 4.78 is 57.8. The number of imidazole rings is 2. The number of aliphatic hydroxyl groups excluding tert-OH is 2. The molecule has 0 aromatic carbocycles. The van der Waals surface area contributed by atoms with E-state index in [1.54, 1.807) is 11.5 Å². The molecule has 236 valence electrons. The van der Waals surface area contributed by atoms with E-state index in [1.807, 2.05) is 0 Å². The van der Waals surface area contributed by atoms with E-state index < -0.39 is 76.9 Å². The van der Waals surface area contributed by atoms with Gasteiger partial charge in [0, 0.05) is 5.41 Å². The fourth-order valence-electron chi connectivity index (χ4n) is 6.05. The molecule has 2 bridgehead atoms. The Morgan fingerprint density at radius 3 is 2.57 bits per heavy atom. The summed E-state index contributed by atoms with van der Waals surface area (Å²) in [5, 5.41) is 22.5. The lowest BCUT2D eigenvalue weighted by molar-refractivity contribution is -0.0572. The third-order valence-corrected chi connectivity index (χ3v) is 9.88. The number of nitrogen functional groups attached to an aromatic ring is 2. The fraction of sp³-hybridized carbons (Fsp3) is 0.545. The van der Waals surface area contributed by atoms with Gasteiger partial charge in [0.15, 0.2) is 28.9 Å². The molecule has 3 aliphatic rings. The van der Waals surface area contributed by atoms with Crippen LogP contribution in [0.4, 0.5) is 11.8 Å². The minimum Gasteiger partial charge on any atom is -0.388 e. The van der Waals surface area contributed by atoms with E-state index in [2.05, 4.69) is 29.9 Å². The molecule has 0 amide bonds. The predicted octanol–water partition coefficient (Wildman–Crippen LogP) is -0.709. The number of nitrogens with one attached hydrogen (secondary N) is 1. The van der Waals surface area contributed by atoms with E-state index >= 15 is 0 Å². The largest absolute Gasteiger partial charge is 0.388 e. The van der Waals surface area contributed by atoms with Gasteiger partial charge in [-0.3, -0.25) is 28.0 Å². The van der Waals surface area contributed by atoms with Crippen molar-refractivity contribution in [1.82, 2.24) is 39.0 Å². The van der Waals surface area contributed by atoms with Crippen molar-refractivity contribution in [2.45, 2.75) is 56.1 Å². The number of nitrogens with zero attached hydrogens (tertiary/aromatic N) is 7. The van der Waals surface area contributed by atoms with Crippen LogP contribution in [-0.4, -0.2) is 93.0 Å². The van der Waals surface area contributed by atoms with Crippen molar-refractivity contribution < 1.29 is 42.2 Å². The zero-order valence-electron chi connectivity index (χ0n) is 22.8. The van der Waals surface area contributed by atoms with Gasteiger partial charge in [0.05, 0.1) is 31.9 Å². The van der Waals surface area contributed by atoms with Crippen LogP contribution in [0.3, 0.4) is 0 Å². The molecule has 4 aromatic rings. The van der Waals surface area contributed by atoms with Gasteiger partial charge in [-0.05, 0) is 6.42 Å². The number of fused-ring (bicyclic) bond motifs is 5. The molecule has 2 aliphatic heterocycles. The van der Waals surface area contributed by atoms with Crippen molar-refractivity contribution in [2.75, 3.05) is 24.7 Å². The zero-order chi connectivity index (χ0) is 30.9. The van der Waals surface area contributed by atoms with Crippen molar-refractivity contribution in [3.8, 4) is 0 Å². The summed E-state index contributed by atoms with van der Waals surface area (Å²) in [7, 11) is -6.65. The molecule has 44 heavy (non-hydrogen) atoms.